The van der Waals surface area contributed by atoms with Crippen LogP contribution in [0.1, 0.15) is 37.8 Å². The van der Waals surface area contributed by atoms with Gasteiger partial charge in [0.2, 0.25) is 0 Å². The Bertz CT molecular complexity index is 1200. The predicted molar refractivity (Wildman–Crippen MR) is 122 cm³/mol. The summed E-state index contributed by atoms with van der Waals surface area (Å²) in [5.41, 5.74) is 0.294. The number of benzene rings is 1. The van der Waals surface area contributed by atoms with Crippen molar-refractivity contribution in [3.05, 3.63) is 35.1 Å². The molecular weight excluding hydrogens is 515 g/mol. The van der Waals surface area contributed by atoms with Gasteiger partial charge in [-0.25, -0.2) is 9.59 Å². The summed E-state index contributed by atoms with van der Waals surface area (Å²) >= 11 is 0. The number of carbonyl (C=O) groups is 3. The number of carboxylic acids is 1. The van der Waals surface area contributed by atoms with Gasteiger partial charge in [0.1, 0.15) is 5.76 Å². The third-order valence-electron chi connectivity index (χ3n) is 7.69. The Balaban J connectivity index is 0.000000426. The van der Waals surface area contributed by atoms with E-state index in [-0.39, 0.29) is 6.04 Å². The Morgan fingerprint density at radius 3 is 2.50 bits per heavy atom. The molecule has 0 amide bonds. The first kappa shape index (κ1) is 27.7. The number of halogens is 3. The number of rotatable bonds is 4. The van der Waals surface area contributed by atoms with Crippen LogP contribution in [0.4, 0.5) is 13.2 Å². The van der Waals surface area contributed by atoms with Crippen molar-refractivity contribution in [3.8, 4) is 11.5 Å². The normalized spacial score (nSPS) is 29.4. The molecule has 208 valence electrons. The quantitative estimate of drug-likeness (QED) is 0.545. The van der Waals surface area contributed by atoms with Crippen molar-refractivity contribution >= 4 is 17.9 Å². The van der Waals surface area contributed by atoms with Gasteiger partial charge in [0, 0.05) is 24.9 Å². The highest BCUT2D eigenvalue weighted by atomic mass is 19.4. The summed E-state index contributed by atoms with van der Waals surface area (Å²) in [6.07, 6.45) is -3.34. The average Bonchev–Trinajstić information content (AvgIpc) is 3.18. The summed E-state index contributed by atoms with van der Waals surface area (Å²) in [7, 11) is 3.63. The van der Waals surface area contributed by atoms with Crippen LogP contribution in [0.15, 0.2) is 24.0 Å². The second kappa shape index (κ2) is 9.45. The van der Waals surface area contributed by atoms with Crippen molar-refractivity contribution in [2.75, 3.05) is 20.7 Å². The standard InChI is InChI=1S/C23H27NO7.C2HF3O2/c1-12(29-13(2)25)21(26)30-16-7-8-23(27)17-11-14-5-6-15(28-4)19-18(14)22(23,20(16)31-19)9-10-24(17)3;3-2(4,5)1(6)7/h5-7,12,17,20,27H,8-11H2,1-4H3;(H,6,7)/t12?,17-,20+,22+,23-;/m1./s1. The van der Waals surface area contributed by atoms with E-state index in [2.05, 4.69) is 4.90 Å². The number of aliphatic carboxylic acids is 1. The zero-order chi connectivity index (χ0) is 28.2. The topological polar surface area (TPSA) is 132 Å². The maximum absolute atomic E-state index is 12.6. The van der Waals surface area contributed by atoms with Crippen LogP contribution in [0.5, 0.6) is 11.5 Å². The molecule has 5 rings (SSSR count). The molecule has 1 spiro atoms. The van der Waals surface area contributed by atoms with E-state index in [0.717, 1.165) is 17.7 Å². The molecule has 2 bridgehead atoms. The van der Waals surface area contributed by atoms with Crippen LogP contribution >= 0.6 is 0 Å². The number of likely N-dealkylation sites (tertiary alicyclic amines) is 1. The lowest BCUT2D eigenvalue weighted by molar-refractivity contribution is -0.192. The number of alkyl halides is 3. The molecule has 0 aromatic heterocycles. The number of ether oxygens (including phenoxy) is 4. The number of nitrogens with zero attached hydrogens (tertiary/aromatic N) is 1. The maximum Gasteiger partial charge on any atom is 0.490 e. The van der Waals surface area contributed by atoms with Gasteiger partial charge in [-0.3, -0.25) is 4.79 Å². The number of hydrogen-bond donors (Lipinski definition) is 2. The summed E-state index contributed by atoms with van der Waals surface area (Å²) in [6, 6.07) is 3.86. The number of likely N-dealkylation sites (N-methyl/N-ethyl adjacent to an activating group) is 1. The van der Waals surface area contributed by atoms with E-state index >= 15 is 0 Å². The fraction of sp³-hybridized carbons (Fsp3) is 0.560. The van der Waals surface area contributed by atoms with Crippen molar-refractivity contribution < 1.29 is 56.7 Å². The Kier molecular flexibility index (Phi) is 6.89. The minimum Gasteiger partial charge on any atom is -0.493 e. The first-order valence-corrected chi connectivity index (χ1v) is 11.9. The van der Waals surface area contributed by atoms with E-state index in [0.29, 0.717) is 36.5 Å². The van der Waals surface area contributed by atoms with Gasteiger partial charge >= 0.3 is 24.1 Å². The number of methoxy groups -OCH3 is 1. The minimum absolute atomic E-state index is 0.0762. The minimum atomic E-state index is -5.08. The summed E-state index contributed by atoms with van der Waals surface area (Å²) < 4.78 is 54.4. The molecule has 1 saturated heterocycles. The van der Waals surface area contributed by atoms with E-state index in [9.17, 15) is 27.9 Å². The Morgan fingerprint density at radius 1 is 1.26 bits per heavy atom. The molecule has 1 unspecified atom stereocenters. The molecule has 13 heteroatoms. The number of carbonyl (C=O) groups excluding carboxylic acids is 2. The van der Waals surface area contributed by atoms with Crippen LogP contribution in [0, 0.1) is 0 Å². The first-order valence-electron chi connectivity index (χ1n) is 11.9. The zero-order valence-corrected chi connectivity index (χ0v) is 21.1. The van der Waals surface area contributed by atoms with E-state index in [1.165, 1.54) is 13.8 Å². The summed E-state index contributed by atoms with van der Waals surface area (Å²) in [4.78, 5) is 34.9. The Morgan fingerprint density at radius 2 is 1.92 bits per heavy atom. The van der Waals surface area contributed by atoms with Gasteiger partial charge in [-0.2, -0.15) is 13.2 Å². The Labute approximate surface area is 215 Å². The molecule has 2 heterocycles. The highest BCUT2D eigenvalue weighted by Crippen LogP contribution is 2.65. The van der Waals surface area contributed by atoms with Crippen LogP contribution in [-0.2, 0) is 35.7 Å². The second-order valence-corrected chi connectivity index (χ2v) is 9.76. The number of piperidine rings is 1. The van der Waals surface area contributed by atoms with E-state index in [1.54, 1.807) is 13.2 Å². The fourth-order valence-corrected chi connectivity index (χ4v) is 6.08. The van der Waals surface area contributed by atoms with Gasteiger partial charge < -0.3 is 34.1 Å². The molecule has 4 aliphatic rings. The van der Waals surface area contributed by atoms with Gasteiger partial charge in [-0.1, -0.05) is 6.07 Å². The van der Waals surface area contributed by atoms with Crippen molar-refractivity contribution in [3.63, 3.8) is 0 Å². The zero-order valence-electron chi connectivity index (χ0n) is 21.1. The summed E-state index contributed by atoms with van der Waals surface area (Å²) in [6.45, 7) is 3.50. The van der Waals surface area contributed by atoms with Gasteiger partial charge in [0.25, 0.3) is 0 Å². The maximum atomic E-state index is 12.6. The highest BCUT2D eigenvalue weighted by molar-refractivity contribution is 5.79. The lowest BCUT2D eigenvalue weighted by Crippen LogP contribution is -2.74. The van der Waals surface area contributed by atoms with Gasteiger partial charge in [-0.05, 0) is 51.1 Å². The molecule has 2 N–H and O–H groups in total. The molecule has 0 saturated carbocycles. The Hall–Kier alpha value is -3.32. The number of carboxylic acid groups (broad SMARTS) is 1. The molecule has 5 atom stereocenters. The van der Waals surface area contributed by atoms with Crippen LogP contribution in [0.3, 0.4) is 0 Å². The lowest BCUT2D eigenvalue weighted by Gasteiger charge is -2.61. The number of aliphatic hydroxyl groups is 1. The monoisotopic (exact) mass is 543 g/mol. The van der Waals surface area contributed by atoms with Gasteiger partial charge in [-0.15, -0.1) is 0 Å². The number of hydrogen-bond acceptors (Lipinski definition) is 9. The number of esters is 2. The smallest absolute Gasteiger partial charge is 0.490 e. The molecule has 1 fully saturated rings. The third kappa shape index (κ3) is 4.17. The molecule has 10 nitrogen and oxygen atoms in total. The highest BCUT2D eigenvalue weighted by Gasteiger charge is 2.72. The van der Waals surface area contributed by atoms with Gasteiger partial charge in [0.15, 0.2) is 23.7 Å². The van der Waals surface area contributed by atoms with Gasteiger partial charge in [0.05, 0.1) is 18.1 Å². The predicted octanol–water partition coefficient (Wildman–Crippen LogP) is 2.10. The van der Waals surface area contributed by atoms with Crippen molar-refractivity contribution in [1.29, 1.82) is 0 Å². The fourth-order valence-electron chi connectivity index (χ4n) is 6.08. The van der Waals surface area contributed by atoms with Crippen LogP contribution in [0.25, 0.3) is 0 Å². The molecule has 2 aliphatic heterocycles. The van der Waals surface area contributed by atoms with E-state index in [4.69, 9.17) is 28.8 Å². The van der Waals surface area contributed by atoms with Crippen molar-refractivity contribution in [2.45, 2.75) is 68.6 Å². The lowest BCUT2D eigenvalue weighted by atomic mass is 9.50. The second-order valence-electron chi connectivity index (χ2n) is 9.76. The molecule has 38 heavy (non-hydrogen) atoms. The van der Waals surface area contributed by atoms with E-state index in [1.807, 2.05) is 19.2 Å². The molecule has 0 radical (unpaired) electrons. The average molecular weight is 543 g/mol. The van der Waals surface area contributed by atoms with Crippen molar-refractivity contribution in [2.24, 2.45) is 0 Å². The SMILES string of the molecule is COc1ccc2c3c1O[C@H]1C(OC(=O)C(C)OC(C)=O)=CC[C@@]4(O)[C@@H](C2)N(C)CC[C@]314.O=C(O)C(F)(F)F. The van der Waals surface area contributed by atoms with Crippen LogP contribution in [0.2, 0.25) is 0 Å². The first-order chi connectivity index (χ1) is 17.7. The summed E-state index contributed by atoms with van der Waals surface area (Å²) in [5.74, 6) is -2.42. The van der Waals surface area contributed by atoms with Crippen LogP contribution in [-0.4, -0.2) is 83.8 Å². The largest absolute Gasteiger partial charge is 0.493 e. The summed E-state index contributed by atoms with van der Waals surface area (Å²) in [5, 5.41) is 19.2. The molecule has 1 aromatic carbocycles. The van der Waals surface area contributed by atoms with E-state index < -0.39 is 47.3 Å². The van der Waals surface area contributed by atoms with Crippen LogP contribution < -0.4 is 9.47 Å². The third-order valence-corrected chi connectivity index (χ3v) is 7.69. The molecule has 2 aliphatic carbocycles. The van der Waals surface area contributed by atoms with Crippen molar-refractivity contribution in [1.82, 2.24) is 4.90 Å². The molecule has 1 aromatic rings. The molecular formula is C25H28F3NO9.